The molecule has 1 saturated heterocycles. The minimum absolute atomic E-state index is 0.563. The maximum absolute atomic E-state index is 5.41. The zero-order chi connectivity index (χ0) is 11.7. The van der Waals surface area contributed by atoms with E-state index in [4.69, 9.17) is 6.42 Å². The molecule has 0 saturated carbocycles. The molecule has 86 valence electrons. The van der Waals surface area contributed by atoms with Crippen LogP contribution in [-0.4, -0.2) is 17.6 Å². The number of pyridine rings is 1. The van der Waals surface area contributed by atoms with Crippen LogP contribution in [0.5, 0.6) is 0 Å². The van der Waals surface area contributed by atoms with Crippen molar-refractivity contribution < 1.29 is 0 Å². The first-order chi connectivity index (χ1) is 8.36. The van der Waals surface area contributed by atoms with E-state index in [0.717, 1.165) is 24.4 Å². The van der Waals surface area contributed by atoms with Gasteiger partial charge in [-0.3, -0.25) is 4.98 Å². The van der Waals surface area contributed by atoms with Gasteiger partial charge in [0.25, 0.3) is 0 Å². The summed E-state index contributed by atoms with van der Waals surface area (Å²) in [4.78, 5) is 4.21. The molecule has 2 aliphatic rings. The zero-order valence-corrected chi connectivity index (χ0v) is 9.82. The second-order valence-corrected chi connectivity index (χ2v) is 4.88. The molecule has 1 aliphatic carbocycles. The summed E-state index contributed by atoms with van der Waals surface area (Å²) in [5.74, 6) is 3.42. The fourth-order valence-corrected chi connectivity index (χ4v) is 2.88. The standard InChI is InChI=1S/C15H16N2/c1-2-11-6-14(10-16-9-11)13-7-12-4-3-5-17-15(12)8-13/h1,6,8-10,12,15,17H,3-5,7H2/t12-,15+/m0/s1. The largest absolute Gasteiger partial charge is 0.310 e. The van der Waals surface area contributed by atoms with E-state index in [2.05, 4.69) is 28.4 Å². The van der Waals surface area contributed by atoms with Gasteiger partial charge < -0.3 is 5.32 Å². The number of terminal acetylenes is 1. The summed E-state index contributed by atoms with van der Waals surface area (Å²) in [6, 6.07) is 2.63. The van der Waals surface area contributed by atoms with Crippen LogP contribution in [0.25, 0.3) is 5.57 Å². The second-order valence-electron chi connectivity index (χ2n) is 4.88. The van der Waals surface area contributed by atoms with Gasteiger partial charge in [0, 0.05) is 24.0 Å². The fourth-order valence-electron chi connectivity index (χ4n) is 2.88. The Morgan fingerprint density at radius 3 is 3.18 bits per heavy atom. The third kappa shape index (κ3) is 1.99. The lowest BCUT2D eigenvalue weighted by atomic mass is 9.92. The van der Waals surface area contributed by atoms with Crippen LogP contribution in [0, 0.1) is 18.3 Å². The normalized spacial score (nSPS) is 27.1. The van der Waals surface area contributed by atoms with Crippen molar-refractivity contribution in [3.63, 3.8) is 0 Å². The summed E-state index contributed by atoms with van der Waals surface area (Å²) in [6.07, 6.45) is 15.2. The van der Waals surface area contributed by atoms with Crippen molar-refractivity contribution in [2.75, 3.05) is 6.54 Å². The Labute approximate surface area is 102 Å². The van der Waals surface area contributed by atoms with Crippen LogP contribution in [0.3, 0.4) is 0 Å². The van der Waals surface area contributed by atoms with Gasteiger partial charge in [-0.2, -0.15) is 0 Å². The molecule has 2 atom stereocenters. The lowest BCUT2D eigenvalue weighted by Crippen LogP contribution is -2.37. The molecule has 1 aromatic heterocycles. The molecule has 3 rings (SSSR count). The Hall–Kier alpha value is -1.59. The third-order valence-electron chi connectivity index (χ3n) is 3.78. The molecule has 2 heteroatoms. The van der Waals surface area contributed by atoms with Gasteiger partial charge in [-0.15, -0.1) is 6.42 Å². The Morgan fingerprint density at radius 2 is 2.35 bits per heavy atom. The van der Waals surface area contributed by atoms with Gasteiger partial charge in [-0.1, -0.05) is 12.0 Å². The highest BCUT2D eigenvalue weighted by Crippen LogP contribution is 2.36. The van der Waals surface area contributed by atoms with Crippen molar-refractivity contribution in [1.82, 2.24) is 10.3 Å². The van der Waals surface area contributed by atoms with Gasteiger partial charge in [0.05, 0.1) is 0 Å². The summed E-state index contributed by atoms with van der Waals surface area (Å²) in [7, 11) is 0. The topological polar surface area (TPSA) is 24.9 Å². The van der Waals surface area contributed by atoms with Crippen molar-refractivity contribution in [3.05, 3.63) is 35.7 Å². The molecule has 1 fully saturated rings. The van der Waals surface area contributed by atoms with E-state index in [0.29, 0.717) is 6.04 Å². The highest BCUT2D eigenvalue weighted by molar-refractivity contribution is 5.69. The quantitative estimate of drug-likeness (QED) is 0.740. The Balaban J connectivity index is 1.87. The summed E-state index contributed by atoms with van der Waals surface area (Å²) in [6.45, 7) is 1.15. The van der Waals surface area contributed by atoms with E-state index >= 15 is 0 Å². The number of nitrogens with zero attached hydrogens (tertiary/aromatic N) is 1. The van der Waals surface area contributed by atoms with Gasteiger partial charge in [-0.25, -0.2) is 0 Å². The monoisotopic (exact) mass is 224 g/mol. The molecule has 1 aliphatic heterocycles. The molecular weight excluding hydrogens is 208 g/mol. The molecule has 1 aromatic rings. The summed E-state index contributed by atoms with van der Waals surface area (Å²) in [5.41, 5.74) is 3.46. The van der Waals surface area contributed by atoms with Crippen molar-refractivity contribution in [1.29, 1.82) is 0 Å². The summed E-state index contributed by atoms with van der Waals surface area (Å²) in [5, 5.41) is 3.57. The van der Waals surface area contributed by atoms with Crippen molar-refractivity contribution in [2.45, 2.75) is 25.3 Å². The highest BCUT2D eigenvalue weighted by atomic mass is 14.9. The lowest BCUT2D eigenvalue weighted by molar-refractivity contribution is 0.341. The maximum atomic E-state index is 5.41. The van der Waals surface area contributed by atoms with Crippen LogP contribution in [0.1, 0.15) is 30.4 Å². The fraction of sp³-hybridized carbons (Fsp3) is 0.400. The van der Waals surface area contributed by atoms with E-state index in [9.17, 15) is 0 Å². The van der Waals surface area contributed by atoms with Gasteiger partial charge in [0.1, 0.15) is 0 Å². The number of allylic oxidation sites excluding steroid dienone is 1. The number of rotatable bonds is 1. The molecule has 0 unspecified atom stereocenters. The van der Waals surface area contributed by atoms with Crippen LogP contribution in [-0.2, 0) is 0 Å². The number of piperidine rings is 1. The molecular formula is C15H16N2. The first kappa shape index (κ1) is 10.6. The lowest BCUT2D eigenvalue weighted by Gasteiger charge is -2.25. The Bertz CT molecular complexity index is 496. The Morgan fingerprint density at radius 1 is 1.41 bits per heavy atom. The summed E-state index contributed by atoms with van der Waals surface area (Å²) >= 11 is 0. The van der Waals surface area contributed by atoms with Crippen LogP contribution in [0.15, 0.2) is 24.5 Å². The predicted molar refractivity (Wildman–Crippen MR) is 69.3 cm³/mol. The van der Waals surface area contributed by atoms with E-state index in [1.165, 1.54) is 24.0 Å². The zero-order valence-electron chi connectivity index (χ0n) is 9.82. The molecule has 2 heterocycles. The smallest absolute Gasteiger partial charge is 0.0432 e. The number of fused-ring (bicyclic) bond motifs is 1. The highest BCUT2D eigenvalue weighted by Gasteiger charge is 2.29. The molecule has 17 heavy (non-hydrogen) atoms. The van der Waals surface area contributed by atoms with Crippen molar-refractivity contribution >= 4 is 5.57 Å². The minimum Gasteiger partial charge on any atom is -0.310 e. The average Bonchev–Trinajstić information content (AvgIpc) is 2.82. The summed E-state index contributed by atoms with van der Waals surface area (Å²) < 4.78 is 0. The predicted octanol–water partition coefficient (Wildman–Crippen LogP) is 2.22. The Kier molecular flexibility index (Phi) is 2.70. The van der Waals surface area contributed by atoms with Gasteiger partial charge in [0.2, 0.25) is 0 Å². The van der Waals surface area contributed by atoms with E-state index in [1.54, 1.807) is 6.20 Å². The van der Waals surface area contributed by atoms with Crippen LogP contribution in [0.4, 0.5) is 0 Å². The molecule has 1 N–H and O–H groups in total. The number of aromatic nitrogens is 1. The molecule has 0 radical (unpaired) electrons. The molecule has 0 aromatic carbocycles. The minimum atomic E-state index is 0.563. The molecule has 0 bridgehead atoms. The third-order valence-corrected chi connectivity index (χ3v) is 3.78. The van der Waals surface area contributed by atoms with E-state index < -0.39 is 0 Å². The van der Waals surface area contributed by atoms with Crippen molar-refractivity contribution in [2.24, 2.45) is 5.92 Å². The van der Waals surface area contributed by atoms with Crippen LogP contribution in [0.2, 0.25) is 0 Å². The van der Waals surface area contributed by atoms with Crippen LogP contribution < -0.4 is 5.32 Å². The average molecular weight is 224 g/mol. The second kappa shape index (κ2) is 4.35. The SMILES string of the molecule is C#Cc1cncc(C2=C[C@H]3NCCC[C@H]3C2)c1. The number of nitrogens with one attached hydrogen (secondary N) is 1. The molecule has 2 nitrogen and oxygen atoms in total. The number of hydrogen-bond donors (Lipinski definition) is 1. The van der Waals surface area contributed by atoms with E-state index in [-0.39, 0.29) is 0 Å². The van der Waals surface area contributed by atoms with Gasteiger partial charge >= 0.3 is 0 Å². The van der Waals surface area contributed by atoms with E-state index in [1.807, 2.05) is 6.20 Å². The molecule has 0 spiro atoms. The van der Waals surface area contributed by atoms with Gasteiger partial charge in [0.15, 0.2) is 0 Å². The van der Waals surface area contributed by atoms with Crippen LogP contribution >= 0.6 is 0 Å². The maximum Gasteiger partial charge on any atom is 0.0432 e. The first-order valence-corrected chi connectivity index (χ1v) is 6.23. The first-order valence-electron chi connectivity index (χ1n) is 6.23. The molecule has 0 amide bonds. The van der Waals surface area contributed by atoms with Crippen molar-refractivity contribution in [3.8, 4) is 12.3 Å². The number of hydrogen-bond acceptors (Lipinski definition) is 2. The van der Waals surface area contributed by atoms with Gasteiger partial charge in [-0.05, 0) is 48.9 Å².